The van der Waals surface area contributed by atoms with Gasteiger partial charge in [-0.25, -0.2) is 0 Å². The number of rotatable bonds is 8. The van der Waals surface area contributed by atoms with Gasteiger partial charge >= 0.3 is 5.69 Å². The van der Waals surface area contributed by atoms with Crippen LogP contribution in [0.4, 0.5) is 5.69 Å². The van der Waals surface area contributed by atoms with Gasteiger partial charge in [-0.2, -0.15) is 0 Å². The van der Waals surface area contributed by atoms with Gasteiger partial charge in [0.2, 0.25) is 0 Å². The van der Waals surface area contributed by atoms with E-state index >= 15 is 0 Å². The van der Waals surface area contributed by atoms with Crippen molar-refractivity contribution in [2.24, 2.45) is 0 Å². The quantitative estimate of drug-likeness (QED) is 0.310. The Bertz CT molecular complexity index is 977. The van der Waals surface area contributed by atoms with Crippen LogP contribution >= 0.6 is 0 Å². The van der Waals surface area contributed by atoms with Crippen LogP contribution in [0.15, 0.2) is 48.6 Å². The van der Waals surface area contributed by atoms with Gasteiger partial charge in [0.05, 0.1) is 18.5 Å². The largest absolute Gasteiger partial charge is 0.504 e. The molecular weight excluding hydrogens is 366 g/mol. The summed E-state index contributed by atoms with van der Waals surface area (Å²) in [6.07, 6.45) is 4.83. The fourth-order valence-electron chi connectivity index (χ4n) is 2.26. The fourth-order valence-corrected chi connectivity index (χ4v) is 2.26. The molecule has 0 aliphatic carbocycles. The molecule has 0 aliphatic heterocycles. The first-order valence-electron chi connectivity index (χ1n) is 8.06. The standard InChI is InChI=1S/C20H17NO7/c1-28-20-11-14(5-9-19(20)25)3-7-16(23)12-15(22)6-2-13-4-8-18(24)17(10-13)21(26)27/h2-11,24-25H,12H2,1H3. The van der Waals surface area contributed by atoms with Gasteiger partial charge in [-0.1, -0.05) is 24.3 Å². The molecule has 28 heavy (non-hydrogen) atoms. The van der Waals surface area contributed by atoms with Crippen LogP contribution in [-0.4, -0.2) is 33.8 Å². The van der Waals surface area contributed by atoms with Crippen molar-refractivity contribution in [2.45, 2.75) is 6.42 Å². The Morgan fingerprint density at radius 1 is 1.00 bits per heavy atom. The van der Waals surface area contributed by atoms with Crippen LogP contribution < -0.4 is 4.74 Å². The van der Waals surface area contributed by atoms with Gasteiger partial charge in [0, 0.05) is 6.07 Å². The molecule has 2 aromatic rings. The lowest BCUT2D eigenvalue weighted by Gasteiger charge is -2.03. The summed E-state index contributed by atoms with van der Waals surface area (Å²) < 4.78 is 4.97. The van der Waals surface area contributed by atoms with Crippen molar-refractivity contribution in [2.75, 3.05) is 7.11 Å². The molecule has 0 unspecified atom stereocenters. The maximum absolute atomic E-state index is 11.9. The average molecular weight is 383 g/mol. The van der Waals surface area contributed by atoms with E-state index in [9.17, 15) is 29.9 Å². The number of hydrogen-bond acceptors (Lipinski definition) is 7. The Hall–Kier alpha value is -3.94. The van der Waals surface area contributed by atoms with E-state index in [0.29, 0.717) is 11.1 Å². The summed E-state index contributed by atoms with van der Waals surface area (Å²) in [4.78, 5) is 33.8. The molecule has 2 N–H and O–H groups in total. The minimum atomic E-state index is -0.735. The predicted molar refractivity (Wildman–Crippen MR) is 102 cm³/mol. The van der Waals surface area contributed by atoms with E-state index in [1.807, 2.05) is 0 Å². The van der Waals surface area contributed by atoms with Crippen LogP contribution in [0.3, 0.4) is 0 Å². The first-order chi connectivity index (χ1) is 13.3. The summed E-state index contributed by atoms with van der Waals surface area (Å²) in [5.41, 5.74) is 0.484. The van der Waals surface area contributed by atoms with Crippen molar-refractivity contribution < 1.29 is 29.5 Å². The molecule has 0 radical (unpaired) electrons. The monoisotopic (exact) mass is 383 g/mol. The number of nitro benzene ring substituents is 1. The lowest BCUT2D eigenvalue weighted by Crippen LogP contribution is -2.01. The van der Waals surface area contributed by atoms with Crippen LogP contribution in [-0.2, 0) is 9.59 Å². The maximum Gasteiger partial charge on any atom is 0.311 e. The Morgan fingerprint density at radius 2 is 1.54 bits per heavy atom. The van der Waals surface area contributed by atoms with Crippen molar-refractivity contribution in [3.63, 3.8) is 0 Å². The zero-order valence-electron chi connectivity index (χ0n) is 14.9. The van der Waals surface area contributed by atoms with Gasteiger partial charge in [0.1, 0.15) is 0 Å². The number of hydrogen-bond donors (Lipinski definition) is 2. The topological polar surface area (TPSA) is 127 Å². The van der Waals surface area contributed by atoms with Crippen LogP contribution in [0.25, 0.3) is 12.2 Å². The molecule has 0 saturated carbocycles. The SMILES string of the molecule is COc1cc(C=CC(=O)CC(=O)C=Cc2ccc(O)c([N+](=O)[O-])c2)ccc1O. The number of nitro groups is 1. The van der Waals surface area contributed by atoms with Crippen LogP contribution in [0, 0.1) is 10.1 Å². The summed E-state index contributed by atoms with van der Waals surface area (Å²) in [6, 6.07) is 8.24. The molecule has 0 aromatic heterocycles. The van der Waals surface area contributed by atoms with Crippen molar-refractivity contribution in [3.05, 3.63) is 69.8 Å². The van der Waals surface area contributed by atoms with E-state index < -0.39 is 27.9 Å². The summed E-state index contributed by atoms with van der Waals surface area (Å²) >= 11 is 0. The molecule has 0 amide bonds. The molecule has 2 aromatic carbocycles. The predicted octanol–water partition coefficient (Wildman–Crippen LogP) is 3.27. The number of aromatic hydroxyl groups is 2. The van der Waals surface area contributed by atoms with Crippen molar-refractivity contribution >= 4 is 29.4 Å². The molecule has 0 atom stereocenters. The number of nitrogens with zero attached hydrogens (tertiary/aromatic N) is 1. The normalized spacial score (nSPS) is 11.0. The molecule has 8 heteroatoms. The summed E-state index contributed by atoms with van der Waals surface area (Å²) in [6.45, 7) is 0. The van der Waals surface area contributed by atoms with Gasteiger partial charge in [0.25, 0.3) is 0 Å². The van der Waals surface area contributed by atoms with Gasteiger partial charge in [0.15, 0.2) is 28.8 Å². The number of phenols is 2. The number of phenolic OH excluding ortho intramolecular Hbond substituents is 2. The molecule has 0 bridgehead atoms. The second kappa shape index (κ2) is 9.13. The Labute approximate surface area is 160 Å². The molecule has 0 saturated heterocycles. The number of carbonyl (C=O) groups excluding carboxylic acids is 2. The number of benzene rings is 2. The molecule has 2 rings (SSSR count). The van der Waals surface area contributed by atoms with Crippen molar-refractivity contribution in [1.82, 2.24) is 0 Å². The van der Waals surface area contributed by atoms with E-state index in [-0.39, 0.29) is 17.9 Å². The maximum atomic E-state index is 11.9. The third-order valence-electron chi connectivity index (χ3n) is 3.67. The lowest BCUT2D eigenvalue weighted by atomic mass is 10.1. The van der Waals surface area contributed by atoms with Gasteiger partial charge in [-0.3, -0.25) is 19.7 Å². The number of carbonyl (C=O) groups is 2. The highest BCUT2D eigenvalue weighted by molar-refractivity contribution is 6.10. The first kappa shape index (κ1) is 20.4. The van der Waals surface area contributed by atoms with Gasteiger partial charge in [-0.05, 0) is 41.5 Å². The second-order valence-corrected chi connectivity index (χ2v) is 5.71. The third-order valence-corrected chi connectivity index (χ3v) is 3.67. The van der Waals surface area contributed by atoms with Gasteiger partial charge in [-0.15, -0.1) is 0 Å². The van der Waals surface area contributed by atoms with Crippen molar-refractivity contribution in [3.8, 4) is 17.2 Å². The smallest absolute Gasteiger partial charge is 0.311 e. The van der Waals surface area contributed by atoms with E-state index in [0.717, 1.165) is 18.2 Å². The average Bonchev–Trinajstić information content (AvgIpc) is 2.66. The minimum absolute atomic E-state index is 0.0271. The van der Waals surface area contributed by atoms with E-state index in [1.54, 1.807) is 12.1 Å². The number of methoxy groups -OCH3 is 1. The second-order valence-electron chi connectivity index (χ2n) is 5.71. The van der Waals surface area contributed by atoms with E-state index in [2.05, 4.69) is 0 Å². The molecule has 0 spiro atoms. The lowest BCUT2D eigenvalue weighted by molar-refractivity contribution is -0.385. The fraction of sp³-hybridized carbons (Fsp3) is 0.100. The van der Waals surface area contributed by atoms with Crippen LogP contribution in [0.2, 0.25) is 0 Å². The molecule has 0 fully saturated rings. The highest BCUT2D eigenvalue weighted by atomic mass is 16.6. The van der Waals surface area contributed by atoms with Crippen molar-refractivity contribution in [1.29, 1.82) is 0 Å². The van der Waals surface area contributed by atoms with Crippen LogP contribution in [0.5, 0.6) is 17.2 Å². The molecule has 0 aliphatic rings. The Kier molecular flexibility index (Phi) is 6.64. The van der Waals surface area contributed by atoms with E-state index in [1.165, 1.54) is 37.5 Å². The molecule has 0 heterocycles. The third kappa shape index (κ3) is 5.53. The molecule has 144 valence electrons. The Balaban J connectivity index is 1.99. The number of allylic oxidation sites excluding steroid dienone is 2. The molecule has 8 nitrogen and oxygen atoms in total. The van der Waals surface area contributed by atoms with Crippen LogP contribution in [0.1, 0.15) is 17.5 Å². The molecular formula is C20H17NO7. The number of ether oxygens (including phenoxy) is 1. The highest BCUT2D eigenvalue weighted by Gasteiger charge is 2.12. The zero-order chi connectivity index (χ0) is 20.7. The highest BCUT2D eigenvalue weighted by Crippen LogP contribution is 2.27. The Morgan fingerprint density at radius 3 is 2.07 bits per heavy atom. The minimum Gasteiger partial charge on any atom is -0.504 e. The first-order valence-corrected chi connectivity index (χ1v) is 8.06. The summed E-state index contributed by atoms with van der Waals surface area (Å²) in [7, 11) is 1.40. The van der Waals surface area contributed by atoms with Gasteiger partial charge < -0.3 is 14.9 Å². The zero-order valence-corrected chi connectivity index (χ0v) is 14.9. The summed E-state index contributed by atoms with van der Waals surface area (Å²) in [5, 5.41) is 29.7. The van der Waals surface area contributed by atoms with E-state index in [4.69, 9.17) is 4.74 Å². The summed E-state index contributed by atoms with van der Waals surface area (Å²) in [5.74, 6) is -1.15. The number of ketones is 2.